The van der Waals surface area contributed by atoms with Crippen LogP contribution in [0.2, 0.25) is 0 Å². The van der Waals surface area contributed by atoms with Crippen LogP contribution in [0.1, 0.15) is 37.4 Å². The number of carbonyl (C=O) groups excluding carboxylic acids is 2. The highest BCUT2D eigenvalue weighted by Crippen LogP contribution is 2.41. The van der Waals surface area contributed by atoms with Gasteiger partial charge in [-0.3, -0.25) is 14.3 Å². The van der Waals surface area contributed by atoms with Crippen LogP contribution < -0.4 is 5.32 Å². The van der Waals surface area contributed by atoms with E-state index in [2.05, 4.69) is 10.4 Å². The molecule has 2 saturated heterocycles. The first-order valence-corrected chi connectivity index (χ1v) is 8.45. The van der Waals surface area contributed by atoms with Crippen molar-refractivity contribution in [1.29, 1.82) is 0 Å². The van der Waals surface area contributed by atoms with Crippen molar-refractivity contribution in [3.8, 4) is 0 Å². The molecule has 23 heavy (non-hydrogen) atoms. The second-order valence-electron chi connectivity index (χ2n) is 6.78. The number of nitrogens with zero attached hydrogens (tertiary/aromatic N) is 4. The van der Waals surface area contributed by atoms with Gasteiger partial charge in [-0.25, -0.2) is 0 Å². The number of likely N-dealkylation sites (tertiary alicyclic amines) is 2. The summed E-state index contributed by atoms with van der Waals surface area (Å²) in [6.07, 6.45) is 5.49. The molecule has 124 valence electrons. The Hall–Kier alpha value is -1.89. The van der Waals surface area contributed by atoms with Gasteiger partial charge in [-0.15, -0.1) is 0 Å². The van der Waals surface area contributed by atoms with E-state index >= 15 is 0 Å². The molecule has 4 rings (SSSR count). The van der Waals surface area contributed by atoms with Crippen LogP contribution in [0, 0.1) is 0 Å². The summed E-state index contributed by atoms with van der Waals surface area (Å²) in [6.45, 7) is 2.04. The lowest BCUT2D eigenvalue weighted by atomic mass is 10.1. The fraction of sp³-hybridized carbons (Fsp3) is 0.688. The lowest BCUT2D eigenvalue weighted by molar-refractivity contribution is -0.133. The minimum Gasteiger partial charge on any atom is -0.341 e. The molecule has 2 aliphatic heterocycles. The summed E-state index contributed by atoms with van der Waals surface area (Å²) in [5.74, 6) is 0.324. The van der Waals surface area contributed by atoms with Crippen LogP contribution in [0.4, 0.5) is 0 Å². The van der Waals surface area contributed by atoms with Gasteiger partial charge < -0.3 is 15.1 Å². The molecular weight excluding hydrogens is 294 g/mol. The summed E-state index contributed by atoms with van der Waals surface area (Å²) in [7, 11) is 1.91. The van der Waals surface area contributed by atoms with Gasteiger partial charge in [0.1, 0.15) is 0 Å². The zero-order chi connectivity index (χ0) is 16.0. The molecule has 0 radical (unpaired) electrons. The molecular formula is C16H23N5O2. The Labute approximate surface area is 135 Å². The van der Waals surface area contributed by atoms with E-state index in [-0.39, 0.29) is 23.9 Å². The molecule has 7 heteroatoms. The molecule has 1 aromatic heterocycles. The molecule has 2 amide bonds. The van der Waals surface area contributed by atoms with Gasteiger partial charge in [-0.1, -0.05) is 0 Å². The van der Waals surface area contributed by atoms with Gasteiger partial charge >= 0.3 is 0 Å². The van der Waals surface area contributed by atoms with Gasteiger partial charge in [-0.05, 0) is 25.3 Å². The molecule has 0 bridgehead atoms. The summed E-state index contributed by atoms with van der Waals surface area (Å²) >= 11 is 0. The SMILES string of the molecule is Cn1nccc1[C@H]1[C@H](NCC(=O)N2CCC2)CC(=O)N1C1CC1. The van der Waals surface area contributed by atoms with E-state index in [1.807, 2.05) is 27.6 Å². The van der Waals surface area contributed by atoms with Crippen LogP contribution in [0.3, 0.4) is 0 Å². The summed E-state index contributed by atoms with van der Waals surface area (Å²) < 4.78 is 1.84. The van der Waals surface area contributed by atoms with E-state index in [0.29, 0.717) is 19.0 Å². The van der Waals surface area contributed by atoms with Crippen LogP contribution in [-0.2, 0) is 16.6 Å². The standard InChI is InChI=1S/C16H23N5O2/c1-19-13(5-6-18-19)16-12(9-14(22)21(16)11-3-4-11)17-10-15(23)20-7-2-8-20/h5-6,11-12,16-17H,2-4,7-10H2,1H3/t12-,16-/m1/s1. The van der Waals surface area contributed by atoms with Crippen molar-refractivity contribution in [1.82, 2.24) is 24.9 Å². The van der Waals surface area contributed by atoms with Crippen LogP contribution in [-0.4, -0.2) is 63.1 Å². The third-order valence-corrected chi connectivity index (χ3v) is 5.19. The summed E-state index contributed by atoms with van der Waals surface area (Å²) in [5, 5.41) is 7.60. The molecule has 3 aliphatic rings. The molecule has 0 spiro atoms. The number of hydrogen-bond donors (Lipinski definition) is 1. The van der Waals surface area contributed by atoms with Crippen LogP contribution in [0.15, 0.2) is 12.3 Å². The zero-order valence-corrected chi connectivity index (χ0v) is 13.4. The van der Waals surface area contributed by atoms with Gasteiger partial charge in [0.25, 0.3) is 0 Å². The highest BCUT2D eigenvalue weighted by atomic mass is 16.2. The summed E-state index contributed by atoms with van der Waals surface area (Å²) in [6, 6.07) is 2.29. The number of hydrogen-bond acceptors (Lipinski definition) is 4. The molecule has 1 N–H and O–H groups in total. The number of amides is 2. The highest BCUT2D eigenvalue weighted by molar-refractivity contribution is 5.82. The van der Waals surface area contributed by atoms with Gasteiger partial charge in [-0.2, -0.15) is 5.10 Å². The molecule has 1 aromatic rings. The maximum atomic E-state index is 12.5. The van der Waals surface area contributed by atoms with E-state index in [0.717, 1.165) is 38.0 Å². The van der Waals surface area contributed by atoms with Gasteiger partial charge in [0, 0.05) is 44.8 Å². The smallest absolute Gasteiger partial charge is 0.236 e. The monoisotopic (exact) mass is 317 g/mol. The van der Waals surface area contributed by atoms with Gasteiger partial charge in [0.15, 0.2) is 0 Å². The fourth-order valence-corrected chi connectivity index (χ4v) is 3.64. The van der Waals surface area contributed by atoms with Crippen LogP contribution in [0.5, 0.6) is 0 Å². The van der Waals surface area contributed by atoms with E-state index < -0.39 is 0 Å². The van der Waals surface area contributed by atoms with E-state index in [1.54, 1.807) is 6.20 Å². The topological polar surface area (TPSA) is 70.5 Å². The average Bonchev–Trinajstić information content (AvgIpc) is 3.12. The second kappa shape index (κ2) is 5.63. The largest absolute Gasteiger partial charge is 0.341 e. The molecule has 3 fully saturated rings. The maximum Gasteiger partial charge on any atom is 0.236 e. The Kier molecular flexibility index (Phi) is 3.60. The average molecular weight is 317 g/mol. The quantitative estimate of drug-likeness (QED) is 0.833. The van der Waals surface area contributed by atoms with Gasteiger partial charge in [0.2, 0.25) is 11.8 Å². The van der Waals surface area contributed by atoms with Crippen molar-refractivity contribution in [2.45, 2.75) is 43.8 Å². The van der Waals surface area contributed by atoms with Crippen molar-refractivity contribution in [3.63, 3.8) is 0 Å². The first-order valence-electron chi connectivity index (χ1n) is 8.45. The number of aryl methyl sites for hydroxylation is 1. The molecule has 1 saturated carbocycles. The lowest BCUT2D eigenvalue weighted by Gasteiger charge is -2.32. The Balaban J connectivity index is 1.51. The number of carbonyl (C=O) groups is 2. The van der Waals surface area contributed by atoms with E-state index in [4.69, 9.17) is 0 Å². The van der Waals surface area contributed by atoms with Crippen LogP contribution in [0.25, 0.3) is 0 Å². The third kappa shape index (κ3) is 2.63. The summed E-state index contributed by atoms with van der Waals surface area (Å²) in [5.41, 5.74) is 1.04. The molecule has 0 unspecified atom stereocenters. The maximum absolute atomic E-state index is 12.5. The highest BCUT2D eigenvalue weighted by Gasteiger charge is 2.48. The molecule has 0 aromatic carbocycles. The van der Waals surface area contributed by atoms with Crippen molar-refractivity contribution in [2.75, 3.05) is 19.6 Å². The van der Waals surface area contributed by atoms with E-state index in [9.17, 15) is 9.59 Å². The molecule has 3 heterocycles. The predicted molar refractivity (Wildman–Crippen MR) is 83.4 cm³/mol. The predicted octanol–water partition coefficient (Wildman–Crippen LogP) is 0.0464. The number of nitrogens with one attached hydrogen (secondary N) is 1. The Morgan fingerprint density at radius 2 is 2.17 bits per heavy atom. The minimum atomic E-state index is -0.0243. The first-order chi connectivity index (χ1) is 11.1. The molecule has 2 atom stereocenters. The fourth-order valence-electron chi connectivity index (χ4n) is 3.64. The van der Waals surface area contributed by atoms with Crippen LogP contribution >= 0.6 is 0 Å². The normalized spacial score (nSPS) is 27.4. The van der Waals surface area contributed by atoms with E-state index in [1.165, 1.54) is 0 Å². The first kappa shape index (κ1) is 14.7. The minimum absolute atomic E-state index is 0.0216. The Morgan fingerprint density at radius 3 is 2.74 bits per heavy atom. The van der Waals surface area contributed by atoms with Crippen molar-refractivity contribution in [2.24, 2.45) is 7.05 Å². The lowest BCUT2D eigenvalue weighted by Crippen LogP contribution is -2.48. The summed E-state index contributed by atoms with van der Waals surface area (Å²) in [4.78, 5) is 28.5. The van der Waals surface area contributed by atoms with Crippen molar-refractivity contribution < 1.29 is 9.59 Å². The zero-order valence-electron chi connectivity index (χ0n) is 13.4. The van der Waals surface area contributed by atoms with Crippen molar-refractivity contribution >= 4 is 11.8 Å². The second-order valence-corrected chi connectivity index (χ2v) is 6.78. The van der Waals surface area contributed by atoms with Gasteiger partial charge in [0.05, 0.1) is 18.3 Å². The Morgan fingerprint density at radius 1 is 1.39 bits per heavy atom. The Bertz CT molecular complexity index is 620. The number of rotatable bonds is 5. The molecule has 7 nitrogen and oxygen atoms in total. The number of aromatic nitrogens is 2. The third-order valence-electron chi connectivity index (χ3n) is 5.19. The van der Waals surface area contributed by atoms with Crippen molar-refractivity contribution in [3.05, 3.63) is 18.0 Å². The molecule has 1 aliphatic carbocycles.